The minimum Gasteiger partial charge on any atom is -0.301 e. The number of aromatic amines is 1. The summed E-state index contributed by atoms with van der Waals surface area (Å²) in [6, 6.07) is 8.69. The minimum atomic E-state index is -4.70. The number of aromatic nitrogens is 2. The highest BCUT2D eigenvalue weighted by atomic mass is 32.2. The van der Waals surface area contributed by atoms with Crippen LogP contribution in [0.2, 0.25) is 0 Å². The fourth-order valence-electron chi connectivity index (χ4n) is 1.49. The SMILES string of the molecule is O=C(CSc1nc(C(F)(F)F)cc(=O)[nH]1)c1ccccc1. The maximum absolute atomic E-state index is 12.5. The Balaban J connectivity index is 2.12. The molecule has 0 bridgehead atoms. The van der Waals surface area contributed by atoms with Crippen LogP contribution in [0.3, 0.4) is 0 Å². The molecule has 110 valence electrons. The molecule has 1 heterocycles. The molecule has 0 saturated carbocycles. The number of ketones is 1. The van der Waals surface area contributed by atoms with Crippen molar-refractivity contribution in [1.29, 1.82) is 0 Å². The number of nitrogens with zero attached hydrogens (tertiary/aromatic N) is 1. The highest BCUT2D eigenvalue weighted by molar-refractivity contribution is 7.99. The third-order valence-corrected chi connectivity index (χ3v) is 3.32. The molecule has 0 spiro atoms. The van der Waals surface area contributed by atoms with Gasteiger partial charge in [-0.2, -0.15) is 13.2 Å². The fourth-order valence-corrected chi connectivity index (χ4v) is 2.26. The molecule has 0 unspecified atom stereocenters. The number of carbonyl (C=O) groups is 1. The molecule has 1 aromatic carbocycles. The van der Waals surface area contributed by atoms with E-state index in [1.54, 1.807) is 30.3 Å². The quantitative estimate of drug-likeness (QED) is 0.535. The van der Waals surface area contributed by atoms with E-state index in [1.165, 1.54) is 0 Å². The smallest absolute Gasteiger partial charge is 0.301 e. The highest BCUT2D eigenvalue weighted by Gasteiger charge is 2.33. The molecule has 0 radical (unpaired) electrons. The number of rotatable bonds is 4. The number of nitrogens with one attached hydrogen (secondary N) is 1. The summed E-state index contributed by atoms with van der Waals surface area (Å²) >= 11 is 0.752. The summed E-state index contributed by atoms with van der Waals surface area (Å²) in [5, 5.41) is -0.237. The summed E-state index contributed by atoms with van der Waals surface area (Å²) < 4.78 is 37.6. The number of hydrogen-bond donors (Lipinski definition) is 1. The molecule has 4 nitrogen and oxygen atoms in total. The molecule has 1 N–H and O–H groups in total. The topological polar surface area (TPSA) is 62.8 Å². The molecule has 0 amide bonds. The molecule has 2 aromatic rings. The average Bonchev–Trinajstić information content (AvgIpc) is 2.44. The first-order valence-electron chi connectivity index (χ1n) is 5.76. The van der Waals surface area contributed by atoms with Crippen molar-refractivity contribution in [3.05, 3.63) is 58.0 Å². The lowest BCUT2D eigenvalue weighted by Crippen LogP contribution is -2.17. The average molecular weight is 314 g/mol. The lowest BCUT2D eigenvalue weighted by atomic mass is 10.2. The maximum atomic E-state index is 12.5. The highest BCUT2D eigenvalue weighted by Crippen LogP contribution is 2.27. The summed E-state index contributed by atoms with van der Waals surface area (Å²) in [5.74, 6) is -0.380. The van der Waals surface area contributed by atoms with Crippen molar-refractivity contribution in [3.8, 4) is 0 Å². The zero-order valence-corrected chi connectivity index (χ0v) is 11.3. The van der Waals surface area contributed by atoms with Crippen molar-refractivity contribution in [2.45, 2.75) is 11.3 Å². The van der Waals surface area contributed by atoms with Crippen LogP contribution in [0.25, 0.3) is 0 Å². The second-order valence-corrected chi connectivity index (χ2v) is 4.98. The van der Waals surface area contributed by atoms with Crippen molar-refractivity contribution >= 4 is 17.5 Å². The van der Waals surface area contributed by atoms with Gasteiger partial charge in [0, 0.05) is 11.6 Å². The first-order chi connectivity index (χ1) is 9.86. The van der Waals surface area contributed by atoms with Gasteiger partial charge in [0.25, 0.3) is 5.56 Å². The Bertz CT molecular complexity index is 699. The second kappa shape index (κ2) is 6.13. The largest absolute Gasteiger partial charge is 0.433 e. The normalized spacial score (nSPS) is 11.4. The zero-order valence-electron chi connectivity index (χ0n) is 10.5. The van der Waals surface area contributed by atoms with E-state index in [9.17, 15) is 22.8 Å². The maximum Gasteiger partial charge on any atom is 0.433 e. The number of carbonyl (C=O) groups excluding carboxylic acids is 1. The molecule has 0 atom stereocenters. The summed E-state index contributed by atoms with van der Waals surface area (Å²) in [7, 11) is 0. The van der Waals surface area contributed by atoms with Crippen LogP contribution < -0.4 is 5.56 Å². The van der Waals surface area contributed by atoms with Gasteiger partial charge < -0.3 is 4.98 Å². The number of H-pyrrole nitrogens is 1. The Morgan fingerprint density at radius 3 is 2.52 bits per heavy atom. The van der Waals surface area contributed by atoms with Crippen LogP contribution in [0.5, 0.6) is 0 Å². The van der Waals surface area contributed by atoms with Gasteiger partial charge in [-0.1, -0.05) is 42.1 Å². The van der Waals surface area contributed by atoms with Crippen molar-refractivity contribution < 1.29 is 18.0 Å². The molecule has 0 aliphatic carbocycles. The van der Waals surface area contributed by atoms with Gasteiger partial charge in [-0.25, -0.2) is 4.98 Å². The van der Waals surface area contributed by atoms with E-state index >= 15 is 0 Å². The standard InChI is InChI=1S/C13H9F3N2O2S/c14-13(15,16)10-6-11(20)18-12(17-10)21-7-9(19)8-4-2-1-3-5-8/h1-6H,7H2,(H,17,18,20). The van der Waals surface area contributed by atoms with Crippen LogP contribution in [0, 0.1) is 0 Å². The van der Waals surface area contributed by atoms with Gasteiger partial charge >= 0.3 is 6.18 Å². The van der Waals surface area contributed by atoms with Crippen LogP contribution in [0.15, 0.2) is 46.3 Å². The third kappa shape index (κ3) is 4.19. The van der Waals surface area contributed by atoms with Crippen LogP contribution in [0.1, 0.15) is 16.1 Å². The van der Waals surface area contributed by atoms with Crippen molar-refractivity contribution in [3.63, 3.8) is 0 Å². The van der Waals surface area contributed by atoms with Gasteiger partial charge in [0.1, 0.15) is 0 Å². The van der Waals surface area contributed by atoms with Gasteiger partial charge in [0.15, 0.2) is 16.6 Å². The van der Waals surface area contributed by atoms with E-state index in [0.29, 0.717) is 11.6 Å². The van der Waals surface area contributed by atoms with Gasteiger partial charge in [0.05, 0.1) is 5.75 Å². The first kappa shape index (κ1) is 15.3. The van der Waals surface area contributed by atoms with Crippen LogP contribution in [-0.2, 0) is 6.18 Å². The van der Waals surface area contributed by atoms with Crippen LogP contribution in [0.4, 0.5) is 13.2 Å². The molecule has 0 aliphatic heterocycles. The first-order valence-corrected chi connectivity index (χ1v) is 6.74. The minimum absolute atomic E-state index is 0.117. The van der Waals surface area contributed by atoms with Gasteiger partial charge in [-0.3, -0.25) is 9.59 Å². The summed E-state index contributed by atoms with van der Waals surface area (Å²) in [4.78, 5) is 28.5. The van der Waals surface area contributed by atoms with Gasteiger partial charge in [0.2, 0.25) is 0 Å². The molecule has 0 fully saturated rings. The van der Waals surface area contributed by atoms with Crippen LogP contribution >= 0.6 is 11.8 Å². The number of halogens is 3. The van der Waals surface area contributed by atoms with E-state index in [4.69, 9.17) is 0 Å². The third-order valence-electron chi connectivity index (χ3n) is 2.45. The van der Waals surface area contributed by atoms with Crippen molar-refractivity contribution in [2.75, 3.05) is 5.75 Å². The predicted molar refractivity (Wildman–Crippen MR) is 71.4 cm³/mol. The molecule has 1 aromatic heterocycles. The van der Waals surface area contributed by atoms with Crippen molar-refractivity contribution in [2.24, 2.45) is 0 Å². The molecule has 0 aliphatic rings. The summed E-state index contributed by atoms with van der Waals surface area (Å²) in [6.45, 7) is 0. The lowest BCUT2D eigenvalue weighted by Gasteiger charge is -2.06. The van der Waals surface area contributed by atoms with E-state index in [-0.39, 0.29) is 16.7 Å². The van der Waals surface area contributed by atoms with Gasteiger partial charge in [-0.15, -0.1) is 0 Å². The molecular weight excluding hydrogens is 305 g/mol. The van der Waals surface area contributed by atoms with Gasteiger partial charge in [-0.05, 0) is 0 Å². The van der Waals surface area contributed by atoms with E-state index < -0.39 is 17.4 Å². The second-order valence-electron chi connectivity index (χ2n) is 4.01. The number of alkyl halides is 3. The Hall–Kier alpha value is -2.09. The van der Waals surface area contributed by atoms with Crippen LogP contribution in [-0.4, -0.2) is 21.5 Å². The summed E-state index contributed by atoms with van der Waals surface area (Å²) in [6.07, 6.45) is -4.70. The van der Waals surface area contributed by atoms with E-state index in [1.807, 2.05) is 0 Å². The lowest BCUT2D eigenvalue weighted by molar-refractivity contribution is -0.141. The number of benzene rings is 1. The zero-order chi connectivity index (χ0) is 15.5. The molecule has 2 rings (SSSR count). The summed E-state index contributed by atoms with van der Waals surface area (Å²) in [5.41, 5.74) is -1.74. The van der Waals surface area contributed by atoms with Crippen molar-refractivity contribution in [1.82, 2.24) is 9.97 Å². The molecule has 8 heteroatoms. The monoisotopic (exact) mass is 314 g/mol. The van der Waals surface area contributed by atoms with E-state index in [0.717, 1.165) is 11.8 Å². The molecule has 21 heavy (non-hydrogen) atoms. The molecule has 0 saturated heterocycles. The Kier molecular flexibility index (Phi) is 4.46. The number of hydrogen-bond acceptors (Lipinski definition) is 4. The van der Waals surface area contributed by atoms with E-state index in [2.05, 4.69) is 9.97 Å². The Morgan fingerprint density at radius 1 is 1.24 bits per heavy atom. The molecular formula is C13H9F3N2O2S. The predicted octanol–water partition coefficient (Wildman–Crippen LogP) is 2.76. The Morgan fingerprint density at radius 2 is 1.90 bits per heavy atom. The fraction of sp³-hybridized carbons (Fsp3) is 0.154. The number of Topliss-reactive ketones (excluding diaryl/α,β-unsaturated/α-hetero) is 1. The Labute approximate surface area is 121 Å². The number of thioether (sulfide) groups is 1.